The molecular formula is C10H8ClN5S. The standard InChI is InChI=1S/C10H8ClN5S/c1-16-8(5-3-2-4-17-5)13-6-7(11)14-10(12)15-9(6)16/h2-4H,1H3,(H2,12,14,15). The zero-order chi connectivity index (χ0) is 12.0. The zero-order valence-corrected chi connectivity index (χ0v) is 10.5. The first kappa shape index (κ1) is 10.5. The molecule has 0 saturated carbocycles. The average molecular weight is 266 g/mol. The van der Waals surface area contributed by atoms with Gasteiger partial charge in [0.25, 0.3) is 0 Å². The maximum absolute atomic E-state index is 6.01. The minimum absolute atomic E-state index is 0.156. The maximum Gasteiger partial charge on any atom is 0.223 e. The molecule has 3 aromatic heterocycles. The molecule has 0 aliphatic carbocycles. The van der Waals surface area contributed by atoms with E-state index < -0.39 is 0 Å². The van der Waals surface area contributed by atoms with Crippen LogP contribution in [-0.2, 0) is 7.05 Å². The van der Waals surface area contributed by atoms with Crippen LogP contribution in [0.15, 0.2) is 17.5 Å². The zero-order valence-electron chi connectivity index (χ0n) is 8.88. The summed E-state index contributed by atoms with van der Waals surface area (Å²) in [6.45, 7) is 0. The van der Waals surface area contributed by atoms with Gasteiger partial charge in [-0.25, -0.2) is 4.98 Å². The number of halogens is 1. The molecule has 0 aliphatic heterocycles. The van der Waals surface area contributed by atoms with E-state index in [4.69, 9.17) is 17.3 Å². The fourth-order valence-corrected chi connectivity index (χ4v) is 2.63. The number of fused-ring (bicyclic) bond motifs is 1. The lowest BCUT2D eigenvalue weighted by molar-refractivity contribution is 0.943. The van der Waals surface area contributed by atoms with E-state index in [1.54, 1.807) is 11.3 Å². The topological polar surface area (TPSA) is 69.6 Å². The van der Waals surface area contributed by atoms with Crippen molar-refractivity contribution in [2.75, 3.05) is 5.73 Å². The monoisotopic (exact) mass is 265 g/mol. The van der Waals surface area contributed by atoms with Gasteiger partial charge >= 0.3 is 0 Å². The molecule has 3 rings (SSSR count). The number of rotatable bonds is 1. The van der Waals surface area contributed by atoms with Gasteiger partial charge in [0.15, 0.2) is 16.6 Å². The number of anilines is 1. The Morgan fingerprint density at radius 3 is 2.88 bits per heavy atom. The number of aryl methyl sites for hydroxylation is 1. The minimum Gasteiger partial charge on any atom is -0.368 e. The third kappa shape index (κ3) is 1.57. The lowest BCUT2D eigenvalue weighted by Gasteiger charge is -1.98. The summed E-state index contributed by atoms with van der Waals surface area (Å²) in [5.41, 5.74) is 6.80. The number of imidazole rings is 1. The summed E-state index contributed by atoms with van der Waals surface area (Å²) < 4.78 is 1.87. The van der Waals surface area contributed by atoms with Crippen LogP contribution in [0.4, 0.5) is 5.95 Å². The first-order chi connectivity index (χ1) is 8.16. The predicted molar refractivity (Wildman–Crippen MR) is 69.0 cm³/mol. The molecule has 5 nitrogen and oxygen atoms in total. The minimum atomic E-state index is 0.156. The Labute approximate surface area is 106 Å². The van der Waals surface area contributed by atoms with Gasteiger partial charge in [0.2, 0.25) is 5.95 Å². The van der Waals surface area contributed by atoms with Gasteiger partial charge in [0, 0.05) is 7.05 Å². The Morgan fingerprint density at radius 2 is 2.18 bits per heavy atom. The Balaban J connectivity index is 2.36. The molecule has 0 unspecified atom stereocenters. The summed E-state index contributed by atoms with van der Waals surface area (Å²) in [5.74, 6) is 0.972. The van der Waals surface area contributed by atoms with Crippen molar-refractivity contribution in [3.05, 3.63) is 22.7 Å². The molecule has 0 spiro atoms. The molecule has 0 bridgehead atoms. The average Bonchev–Trinajstić information content (AvgIpc) is 2.87. The van der Waals surface area contributed by atoms with Gasteiger partial charge in [-0.1, -0.05) is 17.7 Å². The number of hydrogen-bond donors (Lipinski definition) is 1. The number of hydrogen-bond acceptors (Lipinski definition) is 5. The molecule has 2 N–H and O–H groups in total. The summed E-state index contributed by atoms with van der Waals surface area (Å²) in [4.78, 5) is 13.6. The van der Waals surface area contributed by atoms with Gasteiger partial charge in [0.1, 0.15) is 5.52 Å². The number of nitrogens with two attached hydrogens (primary N) is 1. The summed E-state index contributed by atoms with van der Waals surface area (Å²) in [6, 6.07) is 3.97. The van der Waals surface area contributed by atoms with Crippen molar-refractivity contribution in [1.82, 2.24) is 19.5 Å². The van der Waals surface area contributed by atoms with E-state index in [9.17, 15) is 0 Å². The van der Waals surface area contributed by atoms with Crippen molar-refractivity contribution >= 4 is 40.0 Å². The predicted octanol–water partition coefficient (Wildman–Crippen LogP) is 2.33. The second-order valence-electron chi connectivity index (χ2n) is 3.52. The highest BCUT2D eigenvalue weighted by Crippen LogP contribution is 2.28. The Bertz CT molecular complexity index is 688. The van der Waals surface area contributed by atoms with Crippen molar-refractivity contribution in [3.8, 4) is 10.7 Å². The SMILES string of the molecule is Cn1c(-c2cccs2)nc2c(Cl)nc(N)nc21. The van der Waals surface area contributed by atoms with Crippen LogP contribution < -0.4 is 5.73 Å². The first-order valence-electron chi connectivity index (χ1n) is 4.86. The Morgan fingerprint density at radius 1 is 1.35 bits per heavy atom. The molecule has 17 heavy (non-hydrogen) atoms. The fourth-order valence-electron chi connectivity index (χ4n) is 1.67. The van der Waals surface area contributed by atoms with Gasteiger partial charge < -0.3 is 10.3 Å². The van der Waals surface area contributed by atoms with Crippen LogP contribution in [0.2, 0.25) is 5.15 Å². The van der Waals surface area contributed by atoms with Crippen LogP contribution in [0.3, 0.4) is 0 Å². The van der Waals surface area contributed by atoms with E-state index in [-0.39, 0.29) is 11.1 Å². The van der Waals surface area contributed by atoms with E-state index in [1.807, 2.05) is 29.1 Å². The largest absolute Gasteiger partial charge is 0.368 e. The van der Waals surface area contributed by atoms with Crippen molar-refractivity contribution in [3.63, 3.8) is 0 Å². The van der Waals surface area contributed by atoms with Crippen LogP contribution in [0.5, 0.6) is 0 Å². The molecule has 0 amide bonds. The second-order valence-corrected chi connectivity index (χ2v) is 4.82. The van der Waals surface area contributed by atoms with Crippen LogP contribution >= 0.6 is 22.9 Å². The third-order valence-electron chi connectivity index (χ3n) is 2.44. The number of nitrogens with zero attached hydrogens (tertiary/aromatic N) is 4. The fraction of sp³-hybridized carbons (Fsp3) is 0.100. The van der Waals surface area contributed by atoms with Gasteiger partial charge in [-0.3, -0.25) is 0 Å². The summed E-state index contributed by atoms with van der Waals surface area (Å²) in [7, 11) is 1.88. The molecule has 0 aliphatic rings. The van der Waals surface area contributed by atoms with Gasteiger partial charge in [-0.05, 0) is 11.4 Å². The number of nitrogen functional groups attached to an aromatic ring is 1. The second kappa shape index (κ2) is 3.68. The van der Waals surface area contributed by atoms with Gasteiger partial charge in [-0.2, -0.15) is 9.97 Å². The summed E-state index contributed by atoms with van der Waals surface area (Å²) in [5, 5.41) is 2.28. The highest BCUT2D eigenvalue weighted by atomic mass is 35.5. The van der Waals surface area contributed by atoms with Crippen molar-refractivity contribution < 1.29 is 0 Å². The van der Waals surface area contributed by atoms with Crippen LogP contribution in [-0.4, -0.2) is 19.5 Å². The molecule has 0 aromatic carbocycles. The molecular weight excluding hydrogens is 258 g/mol. The molecule has 0 fully saturated rings. The lowest BCUT2D eigenvalue weighted by atomic mass is 10.4. The number of aromatic nitrogens is 4. The van der Waals surface area contributed by atoms with E-state index >= 15 is 0 Å². The normalized spacial score (nSPS) is 11.2. The summed E-state index contributed by atoms with van der Waals surface area (Å²) >= 11 is 7.62. The first-order valence-corrected chi connectivity index (χ1v) is 6.12. The Kier molecular flexibility index (Phi) is 2.27. The van der Waals surface area contributed by atoms with Crippen molar-refractivity contribution in [2.24, 2.45) is 7.05 Å². The molecule has 0 atom stereocenters. The smallest absolute Gasteiger partial charge is 0.223 e. The van der Waals surface area contributed by atoms with Crippen LogP contribution in [0.1, 0.15) is 0 Å². The Hall–Kier alpha value is -1.66. The van der Waals surface area contributed by atoms with Gasteiger partial charge in [-0.15, -0.1) is 11.3 Å². The highest BCUT2D eigenvalue weighted by molar-refractivity contribution is 7.13. The molecule has 0 saturated heterocycles. The van der Waals surface area contributed by atoms with Crippen molar-refractivity contribution in [1.29, 1.82) is 0 Å². The van der Waals surface area contributed by atoms with Crippen LogP contribution in [0.25, 0.3) is 21.9 Å². The van der Waals surface area contributed by atoms with Gasteiger partial charge in [0.05, 0.1) is 4.88 Å². The maximum atomic E-state index is 6.01. The van der Waals surface area contributed by atoms with E-state index in [0.29, 0.717) is 11.2 Å². The summed E-state index contributed by atoms with van der Waals surface area (Å²) in [6.07, 6.45) is 0. The quantitative estimate of drug-likeness (QED) is 0.686. The van der Waals surface area contributed by atoms with E-state index in [1.165, 1.54) is 0 Å². The third-order valence-corrected chi connectivity index (χ3v) is 3.56. The van der Waals surface area contributed by atoms with E-state index in [2.05, 4.69) is 15.0 Å². The highest BCUT2D eigenvalue weighted by Gasteiger charge is 2.15. The van der Waals surface area contributed by atoms with Crippen LogP contribution in [0, 0.1) is 0 Å². The molecule has 3 aromatic rings. The molecule has 3 heterocycles. The number of thiophene rings is 1. The van der Waals surface area contributed by atoms with E-state index in [0.717, 1.165) is 10.7 Å². The van der Waals surface area contributed by atoms with Crippen molar-refractivity contribution in [2.45, 2.75) is 0 Å². The molecule has 86 valence electrons. The lowest BCUT2D eigenvalue weighted by Crippen LogP contribution is -1.98. The molecule has 7 heteroatoms. The molecule has 0 radical (unpaired) electrons.